The predicted octanol–water partition coefficient (Wildman–Crippen LogP) is 3.63. The Kier molecular flexibility index (Phi) is 6.26. The van der Waals surface area contributed by atoms with Crippen molar-refractivity contribution in [1.82, 2.24) is 14.9 Å². The summed E-state index contributed by atoms with van der Waals surface area (Å²) in [5.74, 6) is 0.110. The lowest BCUT2D eigenvalue weighted by Crippen LogP contribution is -2.38. The fourth-order valence-electron chi connectivity index (χ4n) is 4.08. The highest BCUT2D eigenvalue weighted by Gasteiger charge is 2.34. The van der Waals surface area contributed by atoms with E-state index in [0.29, 0.717) is 24.1 Å². The second-order valence-electron chi connectivity index (χ2n) is 7.65. The minimum Gasteiger partial charge on any atom is -0.494 e. The zero-order chi connectivity index (χ0) is 23.8. The highest BCUT2D eigenvalue weighted by Crippen LogP contribution is 2.37. The molecule has 1 amide bonds. The van der Waals surface area contributed by atoms with Gasteiger partial charge in [0.2, 0.25) is 5.89 Å². The van der Waals surface area contributed by atoms with Crippen LogP contribution in [0.3, 0.4) is 0 Å². The Morgan fingerprint density at radius 3 is 2.70 bits per heavy atom. The largest absolute Gasteiger partial charge is 0.494 e. The Morgan fingerprint density at radius 1 is 1.24 bits per heavy atom. The Bertz CT molecular complexity index is 1180. The molecule has 0 bridgehead atoms. The van der Waals surface area contributed by atoms with Crippen molar-refractivity contribution in [2.45, 2.75) is 31.6 Å². The van der Waals surface area contributed by atoms with E-state index >= 15 is 0 Å². The number of fused-ring (bicyclic) bond motifs is 1. The van der Waals surface area contributed by atoms with Crippen molar-refractivity contribution >= 4 is 16.8 Å². The first-order valence-corrected chi connectivity index (χ1v) is 10.3. The number of ether oxygens (including phenoxy) is 2. The average molecular weight is 464 g/mol. The quantitative estimate of drug-likeness (QED) is 0.594. The van der Waals surface area contributed by atoms with Crippen molar-refractivity contribution in [2.75, 3.05) is 27.4 Å². The number of hydrogen-bond acceptors (Lipinski definition) is 7. The third-order valence-electron chi connectivity index (χ3n) is 5.64. The number of likely N-dealkylation sites (tertiary alicyclic amines) is 1. The van der Waals surface area contributed by atoms with Crippen LogP contribution < -0.4 is 10.5 Å². The van der Waals surface area contributed by atoms with Crippen LogP contribution in [0.2, 0.25) is 0 Å². The molecule has 0 saturated carbocycles. The van der Waals surface area contributed by atoms with Crippen LogP contribution in [0.4, 0.5) is 13.2 Å². The van der Waals surface area contributed by atoms with E-state index in [1.165, 1.54) is 19.2 Å². The summed E-state index contributed by atoms with van der Waals surface area (Å²) in [6.07, 6.45) is -2.95. The van der Waals surface area contributed by atoms with Gasteiger partial charge in [0, 0.05) is 24.6 Å². The topological polar surface area (TPSA) is 104 Å². The standard InChI is InChI=1S/C22H23F3N4O4/c1-31-11-12-4-3-9-29(12)21(30)19-16(10-26)33-20(28-19)14-5-7-15(32-2)18-13(14)6-8-17(27-18)22(23,24)25/h5-8,12H,3-4,9-11,26H2,1-2H3/t12-/m0/s1. The first-order chi connectivity index (χ1) is 15.8. The highest BCUT2D eigenvalue weighted by atomic mass is 19.4. The van der Waals surface area contributed by atoms with Crippen molar-refractivity contribution in [3.8, 4) is 17.2 Å². The van der Waals surface area contributed by atoms with Crippen LogP contribution in [-0.4, -0.2) is 54.2 Å². The number of nitrogens with two attached hydrogens (primary N) is 1. The molecule has 1 saturated heterocycles. The van der Waals surface area contributed by atoms with Crippen LogP contribution in [-0.2, 0) is 17.5 Å². The second kappa shape index (κ2) is 8.99. The van der Waals surface area contributed by atoms with E-state index in [9.17, 15) is 18.0 Å². The SMILES string of the molecule is COC[C@@H]1CCCN1C(=O)c1nc(-c2ccc(OC)c3nc(C(F)(F)F)ccc23)oc1CN. The average Bonchev–Trinajstić information content (AvgIpc) is 3.44. The number of carbonyl (C=O) groups is 1. The van der Waals surface area contributed by atoms with E-state index in [2.05, 4.69) is 9.97 Å². The molecule has 1 aliphatic heterocycles. The van der Waals surface area contributed by atoms with Gasteiger partial charge in [0.05, 0.1) is 26.3 Å². The zero-order valence-electron chi connectivity index (χ0n) is 18.1. The fraction of sp³-hybridized carbons (Fsp3) is 0.409. The van der Waals surface area contributed by atoms with Crippen molar-refractivity contribution in [1.29, 1.82) is 0 Å². The number of benzene rings is 1. The summed E-state index contributed by atoms with van der Waals surface area (Å²) in [7, 11) is 2.92. The molecule has 176 valence electrons. The number of amides is 1. The van der Waals surface area contributed by atoms with Crippen molar-refractivity contribution in [2.24, 2.45) is 5.73 Å². The summed E-state index contributed by atoms with van der Waals surface area (Å²) in [5.41, 5.74) is 5.22. The van der Waals surface area contributed by atoms with Gasteiger partial charge < -0.3 is 24.5 Å². The molecule has 1 fully saturated rings. The van der Waals surface area contributed by atoms with Crippen LogP contribution in [0, 0.1) is 0 Å². The Labute approximate surface area is 187 Å². The van der Waals surface area contributed by atoms with Gasteiger partial charge in [-0.15, -0.1) is 0 Å². The molecule has 3 aromatic rings. The molecule has 11 heteroatoms. The summed E-state index contributed by atoms with van der Waals surface area (Å²) in [6.45, 7) is 0.904. The van der Waals surface area contributed by atoms with E-state index in [1.807, 2.05) is 0 Å². The minimum absolute atomic E-state index is 0.00454. The smallest absolute Gasteiger partial charge is 0.433 e. The third-order valence-corrected chi connectivity index (χ3v) is 5.64. The van der Waals surface area contributed by atoms with Gasteiger partial charge in [-0.1, -0.05) is 0 Å². The molecule has 33 heavy (non-hydrogen) atoms. The Hall–Kier alpha value is -3.18. The highest BCUT2D eigenvalue weighted by molar-refractivity contribution is 5.98. The number of pyridine rings is 1. The number of nitrogens with zero attached hydrogens (tertiary/aromatic N) is 3. The van der Waals surface area contributed by atoms with Crippen LogP contribution >= 0.6 is 0 Å². The van der Waals surface area contributed by atoms with Gasteiger partial charge in [0.25, 0.3) is 5.91 Å². The molecular weight excluding hydrogens is 441 g/mol. The molecule has 0 radical (unpaired) electrons. The number of aromatic nitrogens is 2. The van der Waals surface area contributed by atoms with Crippen LogP contribution in [0.15, 0.2) is 28.7 Å². The number of rotatable bonds is 6. The van der Waals surface area contributed by atoms with Crippen LogP contribution in [0.5, 0.6) is 5.75 Å². The Morgan fingerprint density at radius 2 is 2.03 bits per heavy atom. The number of halogens is 3. The third kappa shape index (κ3) is 4.25. The van der Waals surface area contributed by atoms with E-state index in [-0.39, 0.29) is 47.1 Å². The summed E-state index contributed by atoms with van der Waals surface area (Å²) in [5, 5.41) is 0.338. The maximum atomic E-state index is 13.2. The number of oxazole rings is 1. The molecule has 3 heterocycles. The van der Waals surface area contributed by atoms with Crippen molar-refractivity contribution in [3.63, 3.8) is 0 Å². The Balaban J connectivity index is 1.79. The minimum atomic E-state index is -4.61. The number of alkyl halides is 3. The second-order valence-corrected chi connectivity index (χ2v) is 7.65. The lowest BCUT2D eigenvalue weighted by molar-refractivity contribution is -0.140. The molecule has 0 aliphatic carbocycles. The summed E-state index contributed by atoms with van der Waals surface area (Å²) >= 11 is 0. The van der Waals surface area contributed by atoms with E-state index in [4.69, 9.17) is 19.6 Å². The molecule has 1 aliphatic rings. The predicted molar refractivity (Wildman–Crippen MR) is 113 cm³/mol. The van der Waals surface area contributed by atoms with Gasteiger partial charge in [-0.05, 0) is 37.1 Å². The number of hydrogen-bond donors (Lipinski definition) is 1. The first kappa shape index (κ1) is 23.0. The number of methoxy groups -OCH3 is 2. The molecule has 2 aromatic heterocycles. The van der Waals surface area contributed by atoms with E-state index in [0.717, 1.165) is 18.9 Å². The molecule has 1 aromatic carbocycles. The van der Waals surface area contributed by atoms with Gasteiger partial charge in [-0.2, -0.15) is 13.2 Å². The first-order valence-electron chi connectivity index (χ1n) is 10.3. The summed E-state index contributed by atoms with van der Waals surface area (Å²) in [4.78, 5) is 23.0. The van der Waals surface area contributed by atoms with Gasteiger partial charge in [0.1, 0.15) is 17.0 Å². The summed E-state index contributed by atoms with van der Waals surface area (Å²) < 4.78 is 55.8. The molecule has 0 unspecified atom stereocenters. The van der Waals surface area contributed by atoms with Gasteiger partial charge >= 0.3 is 6.18 Å². The van der Waals surface area contributed by atoms with Crippen molar-refractivity contribution in [3.05, 3.63) is 41.4 Å². The van der Waals surface area contributed by atoms with Gasteiger partial charge in [0.15, 0.2) is 11.5 Å². The van der Waals surface area contributed by atoms with E-state index in [1.54, 1.807) is 18.1 Å². The van der Waals surface area contributed by atoms with Crippen LogP contribution in [0.1, 0.15) is 34.8 Å². The number of carbonyl (C=O) groups excluding carboxylic acids is 1. The molecule has 2 N–H and O–H groups in total. The maximum absolute atomic E-state index is 13.2. The molecular formula is C22H23F3N4O4. The summed E-state index contributed by atoms with van der Waals surface area (Å²) in [6, 6.07) is 5.17. The lowest BCUT2D eigenvalue weighted by atomic mass is 10.1. The molecule has 0 spiro atoms. The fourth-order valence-corrected chi connectivity index (χ4v) is 4.08. The van der Waals surface area contributed by atoms with Gasteiger partial charge in [-0.25, -0.2) is 9.97 Å². The van der Waals surface area contributed by atoms with E-state index < -0.39 is 11.9 Å². The monoisotopic (exact) mass is 464 g/mol. The van der Waals surface area contributed by atoms with Crippen LogP contribution in [0.25, 0.3) is 22.4 Å². The van der Waals surface area contributed by atoms with Gasteiger partial charge in [-0.3, -0.25) is 4.79 Å². The molecule has 1 atom stereocenters. The van der Waals surface area contributed by atoms with Crippen molar-refractivity contribution < 1.29 is 31.9 Å². The molecule has 8 nitrogen and oxygen atoms in total. The maximum Gasteiger partial charge on any atom is 0.433 e. The lowest BCUT2D eigenvalue weighted by Gasteiger charge is -2.23. The molecule has 4 rings (SSSR count). The normalized spacial score (nSPS) is 16.5. The zero-order valence-corrected chi connectivity index (χ0v) is 18.1.